The van der Waals surface area contributed by atoms with Crippen LogP contribution < -0.4 is 15.0 Å². The number of halogens is 1. The highest BCUT2D eigenvalue weighted by atomic mass is 19.1. The van der Waals surface area contributed by atoms with Crippen LogP contribution in [0.15, 0.2) is 84.9 Å². The SMILES string of the molecule is O=C1CCC(N2Cc3cc(CN4CCN(c5ccc([C@H]6c7ccc(O)cc7OC[C@H]6c6ccccc6)cc5)CC4)c(F)cc3C2=O)C(=O)N1. The summed E-state index contributed by atoms with van der Waals surface area (Å²) in [5, 5.41) is 12.4. The van der Waals surface area contributed by atoms with Crippen molar-refractivity contribution >= 4 is 23.4 Å². The van der Waals surface area contributed by atoms with Gasteiger partial charge in [-0.05, 0) is 53.4 Å². The number of imide groups is 1. The van der Waals surface area contributed by atoms with E-state index in [2.05, 4.69) is 63.6 Å². The van der Waals surface area contributed by atoms with E-state index in [0.29, 0.717) is 24.3 Å². The van der Waals surface area contributed by atoms with Crippen LogP contribution in [0.25, 0.3) is 0 Å². The quantitative estimate of drug-likeness (QED) is 0.283. The predicted octanol–water partition coefficient (Wildman–Crippen LogP) is 4.92. The number of fused-ring (bicyclic) bond motifs is 2. The minimum atomic E-state index is -0.724. The molecule has 49 heavy (non-hydrogen) atoms. The number of phenols is 1. The first-order chi connectivity index (χ1) is 23.8. The molecule has 4 heterocycles. The number of aromatic hydroxyl groups is 1. The number of piperazine rings is 1. The number of nitrogens with zero attached hydrogens (tertiary/aromatic N) is 3. The zero-order valence-corrected chi connectivity index (χ0v) is 27.0. The minimum absolute atomic E-state index is 0.0752. The molecule has 0 radical (unpaired) electrons. The maximum atomic E-state index is 15.3. The predicted molar refractivity (Wildman–Crippen MR) is 181 cm³/mol. The van der Waals surface area contributed by atoms with Crippen LogP contribution >= 0.6 is 0 Å². The van der Waals surface area contributed by atoms with Crippen LogP contribution in [0.4, 0.5) is 10.1 Å². The van der Waals surface area contributed by atoms with Gasteiger partial charge in [0.2, 0.25) is 11.8 Å². The largest absolute Gasteiger partial charge is 0.508 e. The Labute approximate surface area is 283 Å². The number of carbonyl (C=O) groups is 3. The second-order valence-corrected chi connectivity index (χ2v) is 13.4. The van der Waals surface area contributed by atoms with Gasteiger partial charge in [0.25, 0.3) is 5.91 Å². The summed E-state index contributed by atoms with van der Waals surface area (Å²) in [6, 6.07) is 26.9. The highest BCUT2D eigenvalue weighted by Gasteiger charge is 2.40. The van der Waals surface area contributed by atoms with Crippen molar-refractivity contribution in [2.24, 2.45) is 0 Å². The van der Waals surface area contributed by atoms with Crippen molar-refractivity contribution in [1.82, 2.24) is 15.1 Å². The summed E-state index contributed by atoms with van der Waals surface area (Å²) in [6.45, 7) is 4.27. The molecule has 0 aromatic heterocycles. The Hall–Kier alpha value is -5.22. The fraction of sp³-hybridized carbons (Fsp3) is 0.308. The van der Waals surface area contributed by atoms with E-state index < -0.39 is 17.8 Å². The molecule has 9 nitrogen and oxygen atoms in total. The van der Waals surface area contributed by atoms with Crippen LogP contribution in [0.5, 0.6) is 11.5 Å². The number of hydrogen-bond acceptors (Lipinski definition) is 7. The van der Waals surface area contributed by atoms with Gasteiger partial charge in [-0.25, -0.2) is 4.39 Å². The Morgan fingerprint density at radius 3 is 2.41 bits per heavy atom. The van der Waals surface area contributed by atoms with Crippen molar-refractivity contribution in [3.05, 3.63) is 124 Å². The lowest BCUT2D eigenvalue weighted by Gasteiger charge is -2.37. The number of hydrogen-bond donors (Lipinski definition) is 2. The number of piperidine rings is 1. The van der Waals surface area contributed by atoms with Crippen LogP contribution in [0.1, 0.15) is 62.9 Å². The standard InChI is InChI=1S/C39H37FN4O5/c40-33-20-31-26(22-44(39(31)48)34-12-13-36(46)41-38(34)47)18-27(33)21-42-14-16-43(17-15-42)28-8-6-25(7-9-28)37-30-11-10-29(45)19-35(30)49-23-32(37)24-4-2-1-3-5-24/h1-11,18-20,32,34,37,45H,12-17,21-23H2,(H,41,46,47)/t32-,34?,37-/m0/s1. The summed E-state index contributed by atoms with van der Waals surface area (Å²) in [6.07, 6.45) is 0.452. The number of benzene rings is 4. The summed E-state index contributed by atoms with van der Waals surface area (Å²) in [5.41, 5.74) is 6.13. The van der Waals surface area contributed by atoms with E-state index in [4.69, 9.17) is 4.74 Å². The third-order valence-electron chi connectivity index (χ3n) is 10.5. The van der Waals surface area contributed by atoms with E-state index in [1.54, 1.807) is 18.2 Å². The van der Waals surface area contributed by atoms with Crippen LogP contribution in [0, 0.1) is 5.82 Å². The Balaban J connectivity index is 0.933. The molecule has 4 aromatic rings. The average Bonchev–Trinajstić information content (AvgIpc) is 3.42. The second-order valence-electron chi connectivity index (χ2n) is 13.4. The number of phenolic OH excluding ortho intramolecular Hbond substituents is 1. The Kier molecular flexibility index (Phi) is 8.03. The molecule has 1 unspecified atom stereocenters. The van der Waals surface area contributed by atoms with Gasteiger partial charge < -0.3 is 19.6 Å². The lowest BCUT2D eigenvalue weighted by Crippen LogP contribution is -2.52. The maximum absolute atomic E-state index is 15.3. The van der Waals surface area contributed by atoms with Crippen LogP contribution in [0.3, 0.4) is 0 Å². The summed E-state index contributed by atoms with van der Waals surface area (Å²) in [7, 11) is 0. The molecule has 0 aliphatic carbocycles. The molecule has 3 atom stereocenters. The lowest BCUT2D eigenvalue weighted by atomic mass is 9.76. The highest BCUT2D eigenvalue weighted by Crippen LogP contribution is 2.47. The maximum Gasteiger partial charge on any atom is 0.255 e. The number of carbonyl (C=O) groups excluding carboxylic acids is 3. The van der Waals surface area contributed by atoms with Crippen molar-refractivity contribution in [2.45, 2.75) is 43.8 Å². The minimum Gasteiger partial charge on any atom is -0.508 e. The number of anilines is 1. The molecule has 250 valence electrons. The van der Waals surface area contributed by atoms with Crippen molar-refractivity contribution in [2.75, 3.05) is 37.7 Å². The fourth-order valence-electron chi connectivity index (χ4n) is 7.86. The number of ether oxygens (including phenoxy) is 1. The van der Waals surface area contributed by atoms with Gasteiger partial charge >= 0.3 is 0 Å². The van der Waals surface area contributed by atoms with Gasteiger partial charge in [0.05, 0.1) is 6.61 Å². The highest BCUT2D eigenvalue weighted by molar-refractivity contribution is 6.05. The van der Waals surface area contributed by atoms with E-state index in [1.165, 1.54) is 22.1 Å². The second kappa shape index (κ2) is 12.7. The molecule has 8 rings (SSSR count). The van der Waals surface area contributed by atoms with E-state index in [0.717, 1.165) is 43.2 Å². The van der Waals surface area contributed by atoms with Crippen molar-refractivity contribution in [1.29, 1.82) is 0 Å². The smallest absolute Gasteiger partial charge is 0.255 e. The summed E-state index contributed by atoms with van der Waals surface area (Å²) in [4.78, 5) is 43.1. The molecule has 2 saturated heterocycles. The molecule has 4 aliphatic heterocycles. The van der Waals surface area contributed by atoms with Gasteiger partial charge in [0.1, 0.15) is 23.4 Å². The molecule has 3 amide bonds. The van der Waals surface area contributed by atoms with E-state index in [1.807, 2.05) is 12.1 Å². The first kappa shape index (κ1) is 31.1. The van der Waals surface area contributed by atoms with Gasteiger partial charge in [-0.15, -0.1) is 0 Å². The summed E-state index contributed by atoms with van der Waals surface area (Å²) >= 11 is 0. The molecule has 2 fully saturated rings. The van der Waals surface area contributed by atoms with Crippen molar-refractivity contribution in [3.8, 4) is 11.5 Å². The first-order valence-corrected chi connectivity index (χ1v) is 16.9. The number of nitrogens with one attached hydrogen (secondary N) is 1. The monoisotopic (exact) mass is 660 g/mol. The van der Waals surface area contributed by atoms with Gasteiger partial charge in [-0.3, -0.25) is 24.6 Å². The Morgan fingerprint density at radius 2 is 1.65 bits per heavy atom. The van der Waals surface area contributed by atoms with Gasteiger partial charge in [0, 0.05) is 86.0 Å². The third kappa shape index (κ3) is 5.90. The molecule has 0 spiro atoms. The first-order valence-electron chi connectivity index (χ1n) is 16.9. The molecule has 4 aliphatic rings. The van der Waals surface area contributed by atoms with Crippen molar-refractivity contribution < 1.29 is 28.6 Å². The average molecular weight is 661 g/mol. The Bertz CT molecular complexity index is 1930. The lowest BCUT2D eigenvalue weighted by molar-refractivity contribution is -0.136. The summed E-state index contributed by atoms with van der Waals surface area (Å²) in [5.74, 6) is -0.490. The van der Waals surface area contributed by atoms with Crippen LogP contribution in [0.2, 0.25) is 0 Å². The molecule has 0 saturated carbocycles. The molecule has 10 heteroatoms. The Morgan fingerprint density at radius 1 is 0.878 bits per heavy atom. The normalized spacial score (nSPS) is 22.4. The van der Waals surface area contributed by atoms with Crippen molar-refractivity contribution in [3.63, 3.8) is 0 Å². The topological polar surface area (TPSA) is 102 Å². The van der Waals surface area contributed by atoms with Crippen LogP contribution in [-0.2, 0) is 22.7 Å². The zero-order chi connectivity index (χ0) is 33.6. The van der Waals surface area contributed by atoms with E-state index in [9.17, 15) is 19.5 Å². The summed E-state index contributed by atoms with van der Waals surface area (Å²) < 4.78 is 21.4. The van der Waals surface area contributed by atoms with Crippen LogP contribution in [-0.4, -0.2) is 71.5 Å². The van der Waals surface area contributed by atoms with Gasteiger partial charge in [0.15, 0.2) is 0 Å². The molecule has 0 bridgehead atoms. The van der Waals surface area contributed by atoms with Gasteiger partial charge in [-0.1, -0.05) is 48.5 Å². The molecule has 4 aromatic carbocycles. The fourth-order valence-corrected chi connectivity index (χ4v) is 7.86. The van der Waals surface area contributed by atoms with E-state index in [-0.39, 0.29) is 54.3 Å². The van der Waals surface area contributed by atoms with Gasteiger partial charge in [-0.2, -0.15) is 0 Å². The number of amides is 3. The van der Waals surface area contributed by atoms with E-state index >= 15 is 4.39 Å². The molecular weight excluding hydrogens is 623 g/mol. The number of rotatable bonds is 6. The molecule has 2 N–H and O–H groups in total. The zero-order valence-electron chi connectivity index (χ0n) is 27.0. The third-order valence-corrected chi connectivity index (χ3v) is 10.5. The molecular formula is C39H37FN4O5.